The lowest BCUT2D eigenvalue weighted by molar-refractivity contribution is -0.124. The first kappa shape index (κ1) is 17.7. The second kappa shape index (κ2) is 8.29. The van der Waals surface area contributed by atoms with E-state index in [1.165, 1.54) is 5.56 Å². The van der Waals surface area contributed by atoms with Crippen LogP contribution in [0.2, 0.25) is 0 Å². The number of benzene rings is 2. The summed E-state index contributed by atoms with van der Waals surface area (Å²) in [5, 5.41) is 10.3. The van der Waals surface area contributed by atoms with Crippen LogP contribution < -0.4 is 5.32 Å². The van der Waals surface area contributed by atoms with Crippen molar-refractivity contribution in [3.8, 4) is 0 Å². The normalized spacial score (nSPS) is 11.9. The van der Waals surface area contributed by atoms with Gasteiger partial charge in [0.15, 0.2) is 12.3 Å². The van der Waals surface area contributed by atoms with Crippen LogP contribution in [-0.4, -0.2) is 34.7 Å². The number of amides is 1. The van der Waals surface area contributed by atoms with Crippen molar-refractivity contribution in [3.63, 3.8) is 0 Å². The van der Waals surface area contributed by atoms with Gasteiger partial charge >= 0.3 is 5.97 Å². The van der Waals surface area contributed by atoms with E-state index in [9.17, 15) is 9.59 Å². The Morgan fingerprint density at radius 2 is 1.85 bits per heavy atom. The van der Waals surface area contributed by atoms with Crippen LogP contribution in [0.4, 0.5) is 0 Å². The Hall–Kier alpha value is -3.15. The zero-order chi connectivity index (χ0) is 18.4. The lowest BCUT2D eigenvalue weighted by Gasteiger charge is -2.13. The van der Waals surface area contributed by atoms with Gasteiger partial charge in [-0.05, 0) is 31.4 Å². The summed E-state index contributed by atoms with van der Waals surface area (Å²) in [6.07, 6.45) is 1.69. The number of nitrogens with one attached hydrogen (secondary N) is 2. The van der Waals surface area contributed by atoms with Crippen molar-refractivity contribution < 1.29 is 14.3 Å². The topological polar surface area (TPSA) is 84.1 Å². The first-order chi connectivity index (χ1) is 12.6. The number of esters is 1. The summed E-state index contributed by atoms with van der Waals surface area (Å²) in [7, 11) is 0. The predicted molar refractivity (Wildman–Crippen MR) is 98.7 cm³/mol. The molecule has 0 aliphatic heterocycles. The first-order valence-corrected chi connectivity index (χ1v) is 8.57. The van der Waals surface area contributed by atoms with Gasteiger partial charge in [-0.2, -0.15) is 5.10 Å². The molecule has 2 N–H and O–H groups in total. The number of aryl methyl sites for hydroxylation is 1. The van der Waals surface area contributed by atoms with Crippen LogP contribution in [0.1, 0.15) is 29.4 Å². The van der Waals surface area contributed by atoms with E-state index in [4.69, 9.17) is 4.74 Å². The second-order valence-corrected chi connectivity index (χ2v) is 6.19. The Kier molecular flexibility index (Phi) is 5.63. The largest absolute Gasteiger partial charge is 0.451 e. The molecule has 1 amide bonds. The highest BCUT2D eigenvalue weighted by molar-refractivity contribution is 6.02. The maximum absolute atomic E-state index is 12.1. The number of ether oxygens (including phenoxy) is 1. The number of hydrogen-bond acceptors (Lipinski definition) is 4. The SMILES string of the molecule is CC(CCc1ccccc1)NC(=O)COC(=O)c1n[nH]c2ccccc12. The molecule has 3 rings (SSSR count). The number of rotatable bonds is 7. The zero-order valence-corrected chi connectivity index (χ0v) is 14.6. The molecule has 26 heavy (non-hydrogen) atoms. The number of nitrogens with zero attached hydrogens (tertiary/aromatic N) is 1. The lowest BCUT2D eigenvalue weighted by Crippen LogP contribution is -2.36. The van der Waals surface area contributed by atoms with Gasteiger partial charge in [-0.25, -0.2) is 4.79 Å². The van der Waals surface area contributed by atoms with Crippen molar-refractivity contribution in [1.29, 1.82) is 0 Å². The van der Waals surface area contributed by atoms with Crippen LogP contribution >= 0.6 is 0 Å². The minimum atomic E-state index is -0.616. The van der Waals surface area contributed by atoms with E-state index in [0.717, 1.165) is 18.4 Å². The first-order valence-electron chi connectivity index (χ1n) is 8.57. The average Bonchev–Trinajstić information content (AvgIpc) is 3.09. The van der Waals surface area contributed by atoms with Crippen LogP contribution in [-0.2, 0) is 16.0 Å². The van der Waals surface area contributed by atoms with Crippen molar-refractivity contribution in [3.05, 3.63) is 65.9 Å². The highest BCUT2D eigenvalue weighted by Crippen LogP contribution is 2.15. The molecule has 0 fully saturated rings. The van der Waals surface area contributed by atoms with Gasteiger partial charge < -0.3 is 10.1 Å². The molecule has 134 valence electrons. The van der Waals surface area contributed by atoms with Crippen LogP contribution in [0.5, 0.6) is 0 Å². The number of fused-ring (bicyclic) bond motifs is 1. The number of hydrogen-bond donors (Lipinski definition) is 2. The molecule has 0 aliphatic rings. The number of aromatic nitrogens is 2. The quantitative estimate of drug-likeness (QED) is 0.641. The monoisotopic (exact) mass is 351 g/mol. The molecule has 1 aromatic heterocycles. The van der Waals surface area contributed by atoms with E-state index in [1.54, 1.807) is 6.07 Å². The molecule has 1 atom stereocenters. The molecule has 0 bridgehead atoms. The van der Waals surface area contributed by atoms with Gasteiger partial charge in [-0.3, -0.25) is 9.89 Å². The van der Waals surface area contributed by atoms with Gasteiger partial charge in [0.25, 0.3) is 5.91 Å². The van der Waals surface area contributed by atoms with Crippen molar-refractivity contribution in [2.24, 2.45) is 0 Å². The molecule has 0 saturated carbocycles. The molecule has 1 heterocycles. The third kappa shape index (κ3) is 4.47. The Morgan fingerprint density at radius 1 is 1.12 bits per heavy atom. The molecular weight excluding hydrogens is 330 g/mol. The van der Waals surface area contributed by atoms with Gasteiger partial charge in [0.1, 0.15) is 0 Å². The fraction of sp³-hybridized carbons (Fsp3) is 0.250. The third-order valence-electron chi connectivity index (χ3n) is 4.11. The Morgan fingerprint density at radius 3 is 2.65 bits per heavy atom. The lowest BCUT2D eigenvalue weighted by atomic mass is 10.1. The number of para-hydroxylation sites is 1. The maximum atomic E-state index is 12.1. The summed E-state index contributed by atoms with van der Waals surface area (Å²) in [5.74, 6) is -0.937. The minimum absolute atomic E-state index is 0.00683. The molecule has 0 radical (unpaired) electrons. The zero-order valence-electron chi connectivity index (χ0n) is 14.6. The van der Waals surface area contributed by atoms with E-state index >= 15 is 0 Å². The van der Waals surface area contributed by atoms with E-state index in [0.29, 0.717) is 5.39 Å². The van der Waals surface area contributed by atoms with Crippen LogP contribution in [0.25, 0.3) is 10.9 Å². The minimum Gasteiger partial charge on any atom is -0.451 e. The van der Waals surface area contributed by atoms with Crippen LogP contribution in [0.3, 0.4) is 0 Å². The van der Waals surface area contributed by atoms with Crippen molar-refractivity contribution in [1.82, 2.24) is 15.5 Å². The molecule has 0 saturated heterocycles. The van der Waals surface area contributed by atoms with Gasteiger partial charge in [0, 0.05) is 11.4 Å². The summed E-state index contributed by atoms with van der Waals surface area (Å²) in [6, 6.07) is 17.3. The molecule has 6 nitrogen and oxygen atoms in total. The number of H-pyrrole nitrogens is 1. The average molecular weight is 351 g/mol. The van der Waals surface area contributed by atoms with E-state index in [1.807, 2.05) is 43.3 Å². The van der Waals surface area contributed by atoms with Crippen molar-refractivity contribution in [2.45, 2.75) is 25.8 Å². The van der Waals surface area contributed by atoms with Crippen molar-refractivity contribution >= 4 is 22.8 Å². The summed E-state index contributed by atoms with van der Waals surface area (Å²) >= 11 is 0. The maximum Gasteiger partial charge on any atom is 0.359 e. The van der Waals surface area contributed by atoms with Crippen molar-refractivity contribution in [2.75, 3.05) is 6.61 Å². The fourth-order valence-electron chi connectivity index (χ4n) is 2.74. The van der Waals surface area contributed by atoms with E-state index in [2.05, 4.69) is 27.6 Å². The number of carbonyl (C=O) groups is 2. The summed E-state index contributed by atoms with van der Waals surface area (Å²) < 4.78 is 5.09. The van der Waals surface area contributed by atoms with Gasteiger partial charge in [-0.1, -0.05) is 48.5 Å². The van der Waals surface area contributed by atoms with Gasteiger partial charge in [0.05, 0.1) is 5.52 Å². The Labute approximate surface area is 151 Å². The predicted octanol–water partition coefficient (Wildman–Crippen LogP) is 2.86. The number of aromatic amines is 1. The fourth-order valence-corrected chi connectivity index (χ4v) is 2.74. The molecule has 0 aliphatic carbocycles. The van der Waals surface area contributed by atoms with E-state index in [-0.39, 0.29) is 24.2 Å². The second-order valence-electron chi connectivity index (χ2n) is 6.19. The van der Waals surface area contributed by atoms with Gasteiger partial charge in [-0.15, -0.1) is 0 Å². The third-order valence-corrected chi connectivity index (χ3v) is 4.11. The summed E-state index contributed by atoms with van der Waals surface area (Å²) in [4.78, 5) is 24.1. The smallest absolute Gasteiger partial charge is 0.359 e. The molecule has 2 aromatic carbocycles. The molecule has 6 heteroatoms. The summed E-state index contributed by atoms with van der Waals surface area (Å²) in [6.45, 7) is 1.61. The van der Waals surface area contributed by atoms with Crippen LogP contribution in [0.15, 0.2) is 54.6 Å². The molecule has 3 aromatic rings. The Bertz CT molecular complexity index is 889. The number of carbonyl (C=O) groups excluding carboxylic acids is 2. The molecule has 1 unspecified atom stereocenters. The molecular formula is C20H21N3O3. The van der Waals surface area contributed by atoms with Crippen LogP contribution in [0, 0.1) is 0 Å². The Balaban J connectivity index is 1.45. The highest BCUT2D eigenvalue weighted by atomic mass is 16.5. The van der Waals surface area contributed by atoms with E-state index < -0.39 is 5.97 Å². The highest BCUT2D eigenvalue weighted by Gasteiger charge is 2.17. The summed E-state index contributed by atoms with van der Waals surface area (Å²) in [5.41, 5.74) is 2.16. The van der Waals surface area contributed by atoms with Gasteiger partial charge in [0.2, 0.25) is 0 Å². The standard InChI is InChI=1S/C20H21N3O3/c1-14(11-12-15-7-3-2-4-8-15)21-18(24)13-26-20(25)19-16-9-5-6-10-17(16)22-23-19/h2-10,14H,11-13H2,1H3,(H,21,24)(H,22,23). The molecule has 0 spiro atoms.